The van der Waals surface area contributed by atoms with Crippen LogP contribution in [0.3, 0.4) is 0 Å². The lowest BCUT2D eigenvalue weighted by Gasteiger charge is -2.26. The fourth-order valence-corrected chi connectivity index (χ4v) is 5.31. The average Bonchev–Trinajstić information content (AvgIpc) is 3.25. The largest absolute Gasteiger partial charge is 0.311 e. The van der Waals surface area contributed by atoms with E-state index in [-0.39, 0.29) is 5.41 Å². The molecule has 122 valence electrons. The Morgan fingerprint density at radius 2 is 2.30 bits per heavy atom. The maximum absolute atomic E-state index is 13.1. The van der Waals surface area contributed by atoms with Crippen LogP contribution in [0.15, 0.2) is 22.2 Å². The fourth-order valence-electron chi connectivity index (χ4n) is 4.06. The van der Waals surface area contributed by atoms with Crippen molar-refractivity contribution >= 4 is 34.3 Å². The third kappa shape index (κ3) is 2.53. The second kappa shape index (κ2) is 5.69. The number of nitrogens with zero attached hydrogens (tertiary/aromatic N) is 3. The highest BCUT2D eigenvalue weighted by Crippen LogP contribution is 2.46. The molecule has 2 aromatic rings. The summed E-state index contributed by atoms with van der Waals surface area (Å²) in [6, 6.07) is 2.05. The van der Waals surface area contributed by atoms with Crippen LogP contribution in [0, 0.1) is 18.3 Å². The van der Waals surface area contributed by atoms with Crippen LogP contribution in [0.25, 0.3) is 0 Å². The number of hydrogen-bond acceptors (Lipinski definition) is 5. The van der Waals surface area contributed by atoms with Crippen LogP contribution in [0.4, 0.5) is 5.69 Å². The molecule has 0 aromatic carbocycles. The van der Waals surface area contributed by atoms with E-state index in [2.05, 4.69) is 33.6 Å². The quantitative estimate of drug-likeness (QED) is 0.854. The summed E-state index contributed by atoms with van der Waals surface area (Å²) in [7, 11) is 0. The first-order valence-corrected chi connectivity index (χ1v) is 9.88. The van der Waals surface area contributed by atoms with E-state index in [4.69, 9.17) is 0 Å². The number of thiazole rings is 1. The number of hydrogen-bond donors (Lipinski definition) is 0. The first kappa shape index (κ1) is 15.3. The molecule has 2 aliphatic rings. The maximum Gasteiger partial charge on any atom is 0.234 e. The van der Waals surface area contributed by atoms with Gasteiger partial charge >= 0.3 is 0 Å². The van der Waals surface area contributed by atoms with Gasteiger partial charge in [0.1, 0.15) is 0 Å². The SMILES string of the molecule is Cc1nc(CN2C[C@H](C)[C@]3(CCN(c4ccsc4)C3=O)C2)cs1. The lowest BCUT2D eigenvalue weighted by Crippen LogP contribution is -2.39. The summed E-state index contributed by atoms with van der Waals surface area (Å²) in [5.41, 5.74) is 2.00. The summed E-state index contributed by atoms with van der Waals surface area (Å²) in [5.74, 6) is 0.721. The Morgan fingerprint density at radius 1 is 1.43 bits per heavy atom. The topological polar surface area (TPSA) is 36.4 Å². The molecule has 2 fully saturated rings. The highest BCUT2D eigenvalue weighted by atomic mass is 32.1. The summed E-state index contributed by atoms with van der Waals surface area (Å²) in [6.45, 7) is 7.85. The number of carbonyl (C=O) groups is 1. The second-order valence-corrected chi connectivity index (χ2v) is 8.62. The average molecular weight is 348 g/mol. The summed E-state index contributed by atoms with van der Waals surface area (Å²) >= 11 is 3.35. The molecular weight excluding hydrogens is 326 g/mol. The number of aromatic nitrogens is 1. The number of likely N-dealkylation sites (tertiary alicyclic amines) is 1. The highest BCUT2D eigenvalue weighted by molar-refractivity contribution is 7.09. The minimum absolute atomic E-state index is 0.201. The molecule has 2 atom stereocenters. The van der Waals surface area contributed by atoms with Crippen molar-refractivity contribution in [2.75, 3.05) is 24.5 Å². The molecule has 1 amide bonds. The van der Waals surface area contributed by atoms with Gasteiger partial charge in [-0.25, -0.2) is 4.98 Å². The molecule has 2 aromatic heterocycles. The Kier molecular flexibility index (Phi) is 3.78. The van der Waals surface area contributed by atoms with Gasteiger partial charge in [-0.15, -0.1) is 11.3 Å². The van der Waals surface area contributed by atoms with Crippen LogP contribution >= 0.6 is 22.7 Å². The number of amides is 1. The van der Waals surface area contributed by atoms with Crippen LogP contribution < -0.4 is 4.90 Å². The van der Waals surface area contributed by atoms with Gasteiger partial charge in [0.2, 0.25) is 5.91 Å². The van der Waals surface area contributed by atoms with Gasteiger partial charge in [-0.3, -0.25) is 9.69 Å². The van der Waals surface area contributed by atoms with E-state index in [1.807, 2.05) is 17.2 Å². The minimum Gasteiger partial charge on any atom is -0.311 e. The third-order valence-corrected chi connectivity index (χ3v) is 6.80. The number of anilines is 1. The predicted octanol–water partition coefficient (Wildman–Crippen LogP) is 3.39. The second-order valence-electron chi connectivity index (χ2n) is 6.77. The molecule has 0 radical (unpaired) electrons. The van der Waals surface area contributed by atoms with Crippen LogP contribution in [0.2, 0.25) is 0 Å². The van der Waals surface area contributed by atoms with E-state index in [0.29, 0.717) is 11.8 Å². The molecule has 4 nitrogen and oxygen atoms in total. The molecule has 4 rings (SSSR count). The van der Waals surface area contributed by atoms with Crippen molar-refractivity contribution < 1.29 is 4.79 Å². The summed E-state index contributed by atoms with van der Waals surface area (Å²) in [6.07, 6.45) is 0.968. The molecule has 2 saturated heterocycles. The Hall–Kier alpha value is -1.24. The summed E-state index contributed by atoms with van der Waals surface area (Å²) < 4.78 is 0. The molecule has 0 aliphatic carbocycles. The minimum atomic E-state index is -0.201. The molecule has 6 heteroatoms. The molecule has 0 bridgehead atoms. The van der Waals surface area contributed by atoms with E-state index < -0.39 is 0 Å². The Morgan fingerprint density at radius 3 is 3.00 bits per heavy atom. The summed E-state index contributed by atoms with van der Waals surface area (Å²) in [5, 5.41) is 7.37. The number of rotatable bonds is 3. The number of carbonyl (C=O) groups excluding carboxylic acids is 1. The van der Waals surface area contributed by atoms with E-state index in [1.54, 1.807) is 22.7 Å². The van der Waals surface area contributed by atoms with Crippen molar-refractivity contribution in [3.8, 4) is 0 Å². The summed E-state index contributed by atoms with van der Waals surface area (Å²) in [4.78, 5) is 22.1. The molecular formula is C17H21N3OS2. The van der Waals surface area contributed by atoms with E-state index in [0.717, 1.165) is 49.0 Å². The maximum atomic E-state index is 13.1. The van der Waals surface area contributed by atoms with E-state index in [1.165, 1.54) is 0 Å². The van der Waals surface area contributed by atoms with Gasteiger partial charge in [-0.05, 0) is 30.7 Å². The first-order chi connectivity index (χ1) is 11.1. The monoisotopic (exact) mass is 347 g/mol. The van der Waals surface area contributed by atoms with E-state index in [9.17, 15) is 4.79 Å². The van der Waals surface area contributed by atoms with Gasteiger partial charge in [0.15, 0.2) is 0 Å². The van der Waals surface area contributed by atoms with Gasteiger partial charge in [-0.2, -0.15) is 11.3 Å². The standard InChI is InChI=1S/C17H21N3OS2/c1-12-7-19(8-14-9-23-13(2)18-14)11-17(12)4-5-20(16(17)21)15-3-6-22-10-15/h3,6,9-10,12H,4-5,7-8,11H2,1-2H3/t12-,17-/m0/s1. The fraction of sp³-hybridized carbons (Fsp3) is 0.529. The van der Waals surface area contributed by atoms with Gasteiger partial charge in [0.05, 0.1) is 21.8 Å². The molecule has 0 saturated carbocycles. The Labute approximate surface area is 144 Å². The van der Waals surface area contributed by atoms with Crippen molar-refractivity contribution in [2.24, 2.45) is 11.3 Å². The van der Waals surface area contributed by atoms with Gasteiger partial charge in [0.25, 0.3) is 0 Å². The highest BCUT2D eigenvalue weighted by Gasteiger charge is 2.55. The van der Waals surface area contributed by atoms with Gasteiger partial charge in [-0.1, -0.05) is 6.92 Å². The van der Waals surface area contributed by atoms with Gasteiger partial charge in [0, 0.05) is 36.9 Å². The number of aryl methyl sites for hydroxylation is 1. The zero-order valence-corrected chi connectivity index (χ0v) is 15.1. The molecule has 0 N–H and O–H groups in total. The van der Waals surface area contributed by atoms with E-state index >= 15 is 0 Å². The lowest BCUT2D eigenvalue weighted by molar-refractivity contribution is -0.126. The van der Waals surface area contributed by atoms with Crippen LogP contribution in [-0.2, 0) is 11.3 Å². The van der Waals surface area contributed by atoms with Crippen molar-refractivity contribution in [2.45, 2.75) is 26.8 Å². The Balaban J connectivity index is 1.52. The molecule has 23 heavy (non-hydrogen) atoms. The zero-order valence-electron chi connectivity index (χ0n) is 13.5. The lowest BCUT2D eigenvalue weighted by atomic mass is 9.78. The third-order valence-electron chi connectivity index (χ3n) is 5.30. The van der Waals surface area contributed by atoms with Crippen molar-refractivity contribution in [1.29, 1.82) is 0 Å². The van der Waals surface area contributed by atoms with Crippen molar-refractivity contribution in [1.82, 2.24) is 9.88 Å². The number of thiophene rings is 1. The van der Waals surface area contributed by atoms with Crippen molar-refractivity contribution in [3.05, 3.63) is 32.9 Å². The zero-order chi connectivity index (χ0) is 16.0. The van der Waals surface area contributed by atoms with Crippen LogP contribution in [0.5, 0.6) is 0 Å². The molecule has 1 spiro atoms. The van der Waals surface area contributed by atoms with Crippen molar-refractivity contribution in [3.63, 3.8) is 0 Å². The molecule has 2 aliphatic heterocycles. The predicted molar refractivity (Wildman–Crippen MR) is 95.0 cm³/mol. The van der Waals surface area contributed by atoms with Crippen LogP contribution in [0.1, 0.15) is 24.0 Å². The van der Waals surface area contributed by atoms with Crippen LogP contribution in [-0.4, -0.2) is 35.4 Å². The van der Waals surface area contributed by atoms with Gasteiger partial charge < -0.3 is 4.90 Å². The molecule has 4 heterocycles. The normalized spacial score (nSPS) is 28.3. The first-order valence-electron chi connectivity index (χ1n) is 8.06. The smallest absolute Gasteiger partial charge is 0.234 e. The Bertz CT molecular complexity index is 711. The molecule has 0 unspecified atom stereocenters.